The SMILES string of the molecule is NC=Nc1nc(Sc2nnc(-c3cccc(F)c3)o2)cc(-c2ccc(F)cc2)n1. The molecule has 0 amide bonds. The second-order valence-corrected chi connectivity index (χ2v) is 6.63. The Balaban J connectivity index is 1.65. The molecule has 0 spiro atoms. The van der Waals surface area contributed by atoms with Crippen LogP contribution in [-0.4, -0.2) is 26.5 Å². The Morgan fingerprint density at radius 2 is 1.76 bits per heavy atom. The number of halogens is 2. The van der Waals surface area contributed by atoms with Gasteiger partial charge in [0, 0.05) is 11.1 Å². The van der Waals surface area contributed by atoms with Crippen LogP contribution in [0.3, 0.4) is 0 Å². The third kappa shape index (κ3) is 4.43. The summed E-state index contributed by atoms with van der Waals surface area (Å²) in [4.78, 5) is 12.5. The second-order valence-electron chi connectivity index (χ2n) is 5.66. The van der Waals surface area contributed by atoms with E-state index in [-0.39, 0.29) is 22.9 Å². The Morgan fingerprint density at radius 3 is 2.52 bits per heavy atom. The monoisotopic (exact) mass is 410 g/mol. The average Bonchev–Trinajstić information content (AvgIpc) is 3.17. The fourth-order valence-corrected chi connectivity index (χ4v) is 3.12. The van der Waals surface area contributed by atoms with Crippen molar-refractivity contribution in [3.05, 3.63) is 66.2 Å². The first kappa shape index (κ1) is 18.7. The van der Waals surface area contributed by atoms with Crippen molar-refractivity contribution in [2.45, 2.75) is 10.2 Å². The lowest BCUT2D eigenvalue weighted by Gasteiger charge is -2.04. The highest BCUT2D eigenvalue weighted by Gasteiger charge is 2.14. The molecule has 0 atom stereocenters. The summed E-state index contributed by atoms with van der Waals surface area (Å²) in [5, 5.41) is 8.56. The lowest BCUT2D eigenvalue weighted by atomic mass is 10.1. The Bertz CT molecular complexity index is 1180. The van der Waals surface area contributed by atoms with Crippen molar-refractivity contribution in [3.63, 3.8) is 0 Å². The summed E-state index contributed by atoms with van der Waals surface area (Å²) in [5.74, 6) is -0.450. The van der Waals surface area contributed by atoms with Gasteiger partial charge in [0.1, 0.15) is 16.7 Å². The summed E-state index contributed by atoms with van der Waals surface area (Å²) in [6.45, 7) is 0. The molecule has 0 saturated carbocycles. The third-order valence-corrected chi connectivity index (χ3v) is 4.45. The van der Waals surface area contributed by atoms with Gasteiger partial charge in [0.15, 0.2) is 0 Å². The van der Waals surface area contributed by atoms with Gasteiger partial charge in [0.05, 0.1) is 12.0 Å². The number of rotatable bonds is 5. The number of aliphatic imine (C=N–C) groups is 1. The molecule has 0 unspecified atom stereocenters. The van der Waals surface area contributed by atoms with E-state index in [1.165, 1.54) is 24.3 Å². The van der Waals surface area contributed by atoms with Crippen molar-refractivity contribution in [1.82, 2.24) is 20.2 Å². The Labute approximate surface area is 167 Å². The molecule has 144 valence electrons. The van der Waals surface area contributed by atoms with Gasteiger partial charge >= 0.3 is 0 Å². The summed E-state index contributed by atoms with van der Waals surface area (Å²) >= 11 is 1.09. The van der Waals surface area contributed by atoms with Gasteiger partial charge in [-0.3, -0.25) is 0 Å². The van der Waals surface area contributed by atoms with Gasteiger partial charge < -0.3 is 10.2 Å². The van der Waals surface area contributed by atoms with Crippen LogP contribution in [0.25, 0.3) is 22.7 Å². The fourth-order valence-electron chi connectivity index (χ4n) is 2.44. The Kier molecular flexibility index (Phi) is 5.25. The number of hydrogen-bond acceptors (Lipinski definition) is 7. The molecule has 0 aliphatic carbocycles. The summed E-state index contributed by atoms with van der Waals surface area (Å²) in [6.07, 6.45) is 1.08. The maximum atomic E-state index is 13.4. The molecule has 0 bridgehead atoms. The predicted octanol–water partition coefficient (Wildman–Crippen LogP) is 4.24. The van der Waals surface area contributed by atoms with E-state index in [0.29, 0.717) is 21.8 Å². The highest BCUT2D eigenvalue weighted by Crippen LogP contribution is 2.31. The zero-order valence-corrected chi connectivity index (χ0v) is 15.5. The standard InChI is InChI=1S/C19H12F2N6OS/c20-13-6-4-11(5-7-13)15-9-16(25-18(24-15)23-10-22)29-19-27-26-17(28-19)12-2-1-3-14(21)8-12/h1-10H,(H2,22,23,24,25). The average molecular weight is 410 g/mol. The van der Waals surface area contributed by atoms with Gasteiger partial charge in [-0.1, -0.05) is 6.07 Å². The highest BCUT2D eigenvalue weighted by atomic mass is 32.2. The molecule has 0 saturated heterocycles. The van der Waals surface area contributed by atoms with Crippen molar-refractivity contribution in [2.75, 3.05) is 0 Å². The van der Waals surface area contributed by atoms with Crippen LogP contribution in [0, 0.1) is 11.6 Å². The molecule has 2 N–H and O–H groups in total. The first-order valence-corrected chi connectivity index (χ1v) is 9.09. The van der Waals surface area contributed by atoms with Crippen LogP contribution in [0.5, 0.6) is 0 Å². The quantitative estimate of drug-likeness (QED) is 0.298. The van der Waals surface area contributed by atoms with Crippen LogP contribution in [0.4, 0.5) is 14.7 Å². The molecule has 2 aromatic heterocycles. The van der Waals surface area contributed by atoms with Crippen molar-refractivity contribution in [1.29, 1.82) is 0 Å². The summed E-state index contributed by atoms with van der Waals surface area (Å²) in [7, 11) is 0. The number of benzene rings is 2. The van der Waals surface area contributed by atoms with Crippen molar-refractivity contribution < 1.29 is 13.2 Å². The molecule has 0 aliphatic rings. The third-order valence-electron chi connectivity index (χ3n) is 3.69. The fraction of sp³-hybridized carbons (Fsp3) is 0. The van der Waals surface area contributed by atoms with Crippen LogP contribution >= 0.6 is 11.8 Å². The zero-order chi connectivity index (χ0) is 20.2. The highest BCUT2D eigenvalue weighted by molar-refractivity contribution is 7.99. The first-order valence-electron chi connectivity index (χ1n) is 8.27. The van der Waals surface area contributed by atoms with E-state index >= 15 is 0 Å². The van der Waals surface area contributed by atoms with Crippen LogP contribution in [-0.2, 0) is 0 Å². The number of aromatic nitrogens is 4. The summed E-state index contributed by atoms with van der Waals surface area (Å²) < 4.78 is 32.2. The first-order chi connectivity index (χ1) is 14.1. The zero-order valence-electron chi connectivity index (χ0n) is 14.7. The minimum Gasteiger partial charge on any atom is -0.411 e. The molecule has 4 rings (SSSR count). The van der Waals surface area contributed by atoms with Crippen molar-refractivity contribution >= 4 is 24.0 Å². The minimum atomic E-state index is -0.404. The van der Waals surface area contributed by atoms with E-state index < -0.39 is 5.82 Å². The maximum absolute atomic E-state index is 13.4. The van der Waals surface area contributed by atoms with Gasteiger partial charge in [-0.25, -0.2) is 23.7 Å². The molecule has 0 radical (unpaired) electrons. The topological polar surface area (TPSA) is 103 Å². The van der Waals surface area contributed by atoms with Crippen LogP contribution in [0.15, 0.2) is 74.3 Å². The molecule has 4 aromatic rings. The molecular formula is C19H12F2N6OS. The van der Waals surface area contributed by atoms with Gasteiger partial charge in [-0.15, -0.1) is 10.2 Å². The van der Waals surface area contributed by atoms with Crippen LogP contribution in [0.2, 0.25) is 0 Å². The molecule has 2 aromatic carbocycles. The smallest absolute Gasteiger partial charge is 0.283 e. The second kappa shape index (κ2) is 8.15. The Morgan fingerprint density at radius 1 is 0.931 bits per heavy atom. The lowest BCUT2D eigenvalue weighted by molar-refractivity contribution is 0.465. The lowest BCUT2D eigenvalue weighted by Crippen LogP contribution is -1.93. The largest absolute Gasteiger partial charge is 0.411 e. The van der Waals surface area contributed by atoms with Gasteiger partial charge in [0.25, 0.3) is 11.2 Å². The van der Waals surface area contributed by atoms with Gasteiger partial charge in [0.2, 0.25) is 5.89 Å². The van der Waals surface area contributed by atoms with E-state index in [1.807, 2.05) is 0 Å². The van der Waals surface area contributed by atoms with E-state index in [9.17, 15) is 8.78 Å². The van der Waals surface area contributed by atoms with Crippen LogP contribution < -0.4 is 5.73 Å². The minimum absolute atomic E-state index is 0.127. The number of nitrogens with two attached hydrogens (primary N) is 1. The Hall–Kier alpha value is -3.66. The molecule has 29 heavy (non-hydrogen) atoms. The number of nitrogens with zero attached hydrogens (tertiary/aromatic N) is 5. The predicted molar refractivity (Wildman–Crippen MR) is 104 cm³/mol. The van der Waals surface area contributed by atoms with Crippen molar-refractivity contribution in [2.24, 2.45) is 10.7 Å². The molecule has 0 fully saturated rings. The van der Waals surface area contributed by atoms with E-state index in [4.69, 9.17) is 10.2 Å². The van der Waals surface area contributed by atoms with E-state index in [2.05, 4.69) is 25.2 Å². The molecule has 10 heteroatoms. The molecule has 0 aliphatic heterocycles. The molecular weight excluding hydrogens is 398 g/mol. The molecule has 2 heterocycles. The van der Waals surface area contributed by atoms with Gasteiger partial charge in [-0.2, -0.15) is 0 Å². The van der Waals surface area contributed by atoms with Crippen molar-refractivity contribution in [3.8, 4) is 22.7 Å². The van der Waals surface area contributed by atoms with E-state index in [1.54, 1.807) is 30.3 Å². The van der Waals surface area contributed by atoms with Gasteiger partial charge in [-0.05, 0) is 60.3 Å². The summed E-state index contributed by atoms with van der Waals surface area (Å²) in [6, 6.07) is 13.4. The maximum Gasteiger partial charge on any atom is 0.283 e. The summed E-state index contributed by atoms with van der Waals surface area (Å²) in [5.41, 5.74) is 7.01. The van der Waals surface area contributed by atoms with E-state index in [0.717, 1.165) is 18.1 Å². The molecule has 7 nitrogen and oxygen atoms in total. The number of hydrogen-bond donors (Lipinski definition) is 1. The normalized spacial score (nSPS) is 11.2. The van der Waals surface area contributed by atoms with Crippen LogP contribution in [0.1, 0.15) is 0 Å².